The van der Waals surface area contributed by atoms with Crippen LogP contribution >= 0.6 is 0 Å². The topological polar surface area (TPSA) is 99.9 Å². The van der Waals surface area contributed by atoms with E-state index in [0.29, 0.717) is 36.9 Å². The predicted octanol–water partition coefficient (Wildman–Crippen LogP) is 1.79. The van der Waals surface area contributed by atoms with Crippen LogP contribution < -0.4 is 0 Å². The van der Waals surface area contributed by atoms with Gasteiger partial charge < -0.3 is 14.3 Å². The van der Waals surface area contributed by atoms with Crippen LogP contribution in [0.5, 0.6) is 0 Å². The predicted molar refractivity (Wildman–Crippen MR) is 117 cm³/mol. The molecule has 2 aromatic rings. The molecule has 1 aliphatic carbocycles. The van der Waals surface area contributed by atoms with E-state index in [9.17, 15) is 13.2 Å². The lowest BCUT2D eigenvalue weighted by molar-refractivity contribution is -0.133. The number of carbonyl (C=O) groups is 1. The van der Waals surface area contributed by atoms with Gasteiger partial charge in [0.15, 0.2) is 0 Å². The third-order valence-electron chi connectivity index (χ3n) is 6.66. The summed E-state index contributed by atoms with van der Waals surface area (Å²) in [6.07, 6.45) is 3.86. The summed E-state index contributed by atoms with van der Waals surface area (Å²) in [7, 11) is -1.51. The molecule has 3 aliphatic rings. The van der Waals surface area contributed by atoms with Crippen LogP contribution in [0, 0.1) is 5.92 Å². The largest absolute Gasteiger partial charge is 0.342 e. The van der Waals surface area contributed by atoms with Crippen molar-refractivity contribution in [3.05, 3.63) is 30.2 Å². The van der Waals surface area contributed by atoms with Crippen LogP contribution in [0.2, 0.25) is 0 Å². The molecule has 2 aliphatic heterocycles. The first-order valence-corrected chi connectivity index (χ1v) is 12.8. The number of benzene rings is 1. The lowest BCUT2D eigenvalue weighted by atomic mass is 9.97. The molecule has 1 aromatic carbocycles. The van der Waals surface area contributed by atoms with Gasteiger partial charge in [-0.05, 0) is 57.0 Å². The number of piperazine rings is 1. The second kappa shape index (κ2) is 8.57. The molecule has 0 bridgehead atoms. The Morgan fingerprint density at radius 3 is 2.44 bits per heavy atom. The number of hydrogen-bond donors (Lipinski definition) is 0. The molecule has 2 saturated heterocycles. The van der Waals surface area contributed by atoms with Gasteiger partial charge in [-0.15, -0.1) is 0 Å². The molecule has 1 amide bonds. The average molecular weight is 460 g/mol. The smallest absolute Gasteiger partial charge is 0.243 e. The van der Waals surface area contributed by atoms with E-state index >= 15 is 0 Å². The summed E-state index contributed by atoms with van der Waals surface area (Å²) in [6.45, 7) is 3.88. The zero-order valence-electron chi connectivity index (χ0n) is 18.3. The Morgan fingerprint density at radius 2 is 1.75 bits per heavy atom. The van der Waals surface area contributed by atoms with Crippen LogP contribution in [0.3, 0.4) is 0 Å². The van der Waals surface area contributed by atoms with Crippen molar-refractivity contribution in [2.75, 3.05) is 46.3 Å². The summed E-state index contributed by atoms with van der Waals surface area (Å²) in [5.74, 6) is 1.50. The minimum atomic E-state index is -3.51. The van der Waals surface area contributed by atoms with E-state index in [1.54, 1.807) is 24.3 Å². The fourth-order valence-corrected chi connectivity index (χ4v) is 5.86. The number of piperidine rings is 1. The number of aromatic nitrogens is 2. The van der Waals surface area contributed by atoms with Gasteiger partial charge in [0.1, 0.15) is 0 Å². The Balaban J connectivity index is 1.27. The first kappa shape index (κ1) is 21.5. The van der Waals surface area contributed by atoms with Crippen LogP contribution in [0.25, 0.3) is 11.4 Å². The van der Waals surface area contributed by atoms with Crippen LogP contribution in [-0.2, 0) is 14.8 Å². The minimum absolute atomic E-state index is 0.0459. The molecule has 1 unspecified atom stereocenters. The van der Waals surface area contributed by atoms with E-state index in [1.807, 2.05) is 11.9 Å². The maximum absolute atomic E-state index is 12.9. The lowest BCUT2D eigenvalue weighted by Crippen LogP contribution is -2.46. The van der Waals surface area contributed by atoms with E-state index in [-0.39, 0.29) is 22.6 Å². The molecule has 1 aromatic heterocycles. The highest BCUT2D eigenvalue weighted by molar-refractivity contribution is 7.89. The van der Waals surface area contributed by atoms with E-state index < -0.39 is 10.0 Å². The van der Waals surface area contributed by atoms with Gasteiger partial charge in [0, 0.05) is 50.7 Å². The molecule has 9 nitrogen and oxygen atoms in total. The van der Waals surface area contributed by atoms with Crippen LogP contribution in [0.4, 0.5) is 0 Å². The van der Waals surface area contributed by atoms with Gasteiger partial charge in [0.05, 0.1) is 10.8 Å². The van der Waals surface area contributed by atoms with Gasteiger partial charge in [0.2, 0.25) is 27.6 Å². The van der Waals surface area contributed by atoms with Crippen molar-refractivity contribution in [1.82, 2.24) is 24.2 Å². The van der Waals surface area contributed by atoms with Gasteiger partial charge in [-0.2, -0.15) is 9.29 Å². The Labute approximate surface area is 188 Å². The third kappa shape index (κ3) is 4.31. The molecule has 0 radical (unpaired) electrons. The number of amides is 1. The number of rotatable bonds is 5. The highest BCUT2D eigenvalue weighted by Gasteiger charge is 2.36. The molecular formula is C22H29N5O4S. The molecule has 5 rings (SSSR count). The summed E-state index contributed by atoms with van der Waals surface area (Å²) in [4.78, 5) is 21.3. The molecular weight excluding hydrogens is 430 g/mol. The summed E-state index contributed by atoms with van der Waals surface area (Å²) in [5.41, 5.74) is 0.707. The van der Waals surface area contributed by atoms with E-state index in [2.05, 4.69) is 15.0 Å². The summed E-state index contributed by atoms with van der Waals surface area (Å²) >= 11 is 0. The van der Waals surface area contributed by atoms with E-state index in [4.69, 9.17) is 4.52 Å². The average Bonchev–Trinajstić information content (AvgIpc) is 3.55. The number of likely N-dealkylation sites (tertiary alicyclic amines) is 1. The molecule has 0 N–H and O–H groups in total. The fourth-order valence-electron chi connectivity index (χ4n) is 4.44. The van der Waals surface area contributed by atoms with Gasteiger partial charge in [-0.3, -0.25) is 4.79 Å². The molecule has 3 fully saturated rings. The molecule has 1 saturated carbocycles. The van der Waals surface area contributed by atoms with Crippen molar-refractivity contribution in [2.24, 2.45) is 5.92 Å². The number of nitrogens with zero attached hydrogens (tertiary/aromatic N) is 5. The highest BCUT2D eigenvalue weighted by atomic mass is 32.2. The second-order valence-electron chi connectivity index (χ2n) is 9.09. The number of hydrogen-bond acceptors (Lipinski definition) is 7. The summed E-state index contributed by atoms with van der Waals surface area (Å²) in [5, 5.41) is 4.11. The highest BCUT2D eigenvalue weighted by Crippen LogP contribution is 2.34. The summed E-state index contributed by atoms with van der Waals surface area (Å²) in [6, 6.07) is 6.66. The van der Waals surface area contributed by atoms with Gasteiger partial charge in [-0.1, -0.05) is 5.16 Å². The van der Waals surface area contributed by atoms with Crippen LogP contribution in [-0.4, -0.2) is 84.9 Å². The first-order chi connectivity index (χ1) is 15.4. The number of carbonyl (C=O) groups excluding carboxylic acids is 1. The standard InChI is InChI=1S/C22H29N5O4S/c1-25-11-13-27(14-12-25)32(29,30)19-8-6-16(7-9-19)20-23-21(31-24-20)18-3-2-10-26(15-18)22(28)17-4-5-17/h6-9,17-18H,2-5,10-15H2,1H3. The minimum Gasteiger partial charge on any atom is -0.342 e. The van der Waals surface area contributed by atoms with Gasteiger partial charge >= 0.3 is 0 Å². The van der Waals surface area contributed by atoms with E-state index in [0.717, 1.165) is 45.3 Å². The second-order valence-corrected chi connectivity index (χ2v) is 11.0. The molecule has 172 valence electrons. The van der Waals surface area contributed by atoms with Crippen molar-refractivity contribution >= 4 is 15.9 Å². The zero-order valence-corrected chi connectivity index (χ0v) is 19.1. The van der Waals surface area contributed by atoms with Crippen molar-refractivity contribution in [1.29, 1.82) is 0 Å². The molecule has 32 heavy (non-hydrogen) atoms. The number of likely N-dealkylation sites (N-methyl/N-ethyl adjacent to an activating group) is 1. The molecule has 0 spiro atoms. The zero-order chi connectivity index (χ0) is 22.3. The fraction of sp³-hybridized carbons (Fsp3) is 0.591. The number of sulfonamides is 1. The van der Waals surface area contributed by atoms with Crippen LogP contribution in [0.1, 0.15) is 37.5 Å². The quantitative estimate of drug-likeness (QED) is 0.672. The van der Waals surface area contributed by atoms with Crippen molar-refractivity contribution in [3.63, 3.8) is 0 Å². The Kier molecular flexibility index (Phi) is 5.77. The third-order valence-corrected chi connectivity index (χ3v) is 8.58. The lowest BCUT2D eigenvalue weighted by Gasteiger charge is -2.31. The van der Waals surface area contributed by atoms with E-state index in [1.165, 1.54) is 4.31 Å². The Hall–Kier alpha value is -2.30. The Morgan fingerprint density at radius 1 is 1.03 bits per heavy atom. The maximum atomic E-state index is 12.9. The SMILES string of the molecule is CN1CCN(S(=O)(=O)c2ccc(-c3noc(C4CCCN(C(=O)C5CC5)C4)n3)cc2)CC1. The summed E-state index contributed by atoms with van der Waals surface area (Å²) < 4.78 is 32.9. The van der Waals surface area contributed by atoms with Gasteiger partial charge in [0.25, 0.3) is 0 Å². The van der Waals surface area contributed by atoms with Crippen molar-refractivity contribution in [3.8, 4) is 11.4 Å². The van der Waals surface area contributed by atoms with Crippen molar-refractivity contribution < 1.29 is 17.7 Å². The maximum Gasteiger partial charge on any atom is 0.243 e. The van der Waals surface area contributed by atoms with Gasteiger partial charge in [-0.25, -0.2) is 8.42 Å². The monoisotopic (exact) mass is 459 g/mol. The molecule has 1 atom stereocenters. The first-order valence-electron chi connectivity index (χ1n) is 11.3. The molecule has 3 heterocycles. The normalized spacial score (nSPS) is 23.4. The van der Waals surface area contributed by atoms with Crippen molar-refractivity contribution in [2.45, 2.75) is 36.5 Å². The Bertz CT molecular complexity index is 1070. The van der Waals surface area contributed by atoms with Crippen LogP contribution in [0.15, 0.2) is 33.7 Å². The molecule has 10 heteroatoms.